The molecule has 3 rings (SSSR count). The summed E-state index contributed by atoms with van der Waals surface area (Å²) in [6.45, 7) is 4.70. The number of thiophene rings is 1. The molecule has 2 atom stereocenters. The van der Waals surface area contributed by atoms with Crippen molar-refractivity contribution in [2.45, 2.75) is 50.2 Å². The van der Waals surface area contributed by atoms with E-state index in [1.165, 1.54) is 36.1 Å². The molecule has 0 saturated carbocycles. The molecule has 0 aromatic carbocycles. The van der Waals surface area contributed by atoms with Gasteiger partial charge in [-0.1, -0.05) is 19.9 Å². The van der Waals surface area contributed by atoms with Crippen LogP contribution in [0.15, 0.2) is 29.4 Å². The van der Waals surface area contributed by atoms with E-state index in [1.807, 2.05) is 19.1 Å². The van der Waals surface area contributed by atoms with Crippen molar-refractivity contribution in [2.24, 2.45) is 5.92 Å². The number of alkyl halides is 6. The highest BCUT2D eigenvalue weighted by molar-refractivity contribution is 8.09. The first-order valence-electron chi connectivity index (χ1n) is 7.77. The van der Waals surface area contributed by atoms with Crippen LogP contribution in [0.1, 0.15) is 30.0 Å². The molecule has 2 aliphatic rings. The number of aryl methyl sites for hydroxylation is 1. The molecule has 25 heavy (non-hydrogen) atoms. The van der Waals surface area contributed by atoms with E-state index >= 15 is 0 Å². The summed E-state index contributed by atoms with van der Waals surface area (Å²) in [4.78, 5) is 2.52. The maximum atomic E-state index is 14.4. The summed E-state index contributed by atoms with van der Waals surface area (Å²) in [5.74, 6) is -16.2. The third-order valence-corrected chi connectivity index (χ3v) is 7.09. The van der Waals surface area contributed by atoms with Crippen molar-refractivity contribution in [3.05, 3.63) is 39.1 Å². The van der Waals surface area contributed by atoms with Crippen LogP contribution in [0.5, 0.6) is 0 Å². The Kier molecular flexibility index (Phi) is 4.39. The average Bonchev–Trinajstić information content (AvgIpc) is 3.11. The number of halogens is 6. The van der Waals surface area contributed by atoms with Crippen LogP contribution in [0.3, 0.4) is 0 Å². The van der Waals surface area contributed by atoms with E-state index in [1.54, 1.807) is 6.92 Å². The highest BCUT2D eigenvalue weighted by Crippen LogP contribution is 2.63. The number of allylic oxidation sites excluding steroid dienone is 3. The van der Waals surface area contributed by atoms with Crippen molar-refractivity contribution in [3.63, 3.8) is 0 Å². The van der Waals surface area contributed by atoms with Crippen molar-refractivity contribution in [1.82, 2.24) is 0 Å². The minimum Gasteiger partial charge on any atom is -0.194 e. The standard InChI is InChI=1S/C17H16F6S2/c1-4-11-14(16(20,21)17(22,23)15(11,18)19)10-7-13(25-9(10)3)12-6-5-8(2)24-12/h5-7,9-10H,4H2,1-3H3. The lowest BCUT2D eigenvalue weighted by molar-refractivity contribution is -0.266. The zero-order chi connectivity index (χ0) is 18.8. The molecule has 2 unspecified atom stereocenters. The smallest absolute Gasteiger partial charge is 0.194 e. The topological polar surface area (TPSA) is 0 Å². The predicted molar refractivity (Wildman–Crippen MR) is 89.7 cm³/mol. The van der Waals surface area contributed by atoms with E-state index in [0.717, 1.165) is 9.75 Å². The zero-order valence-electron chi connectivity index (χ0n) is 13.7. The van der Waals surface area contributed by atoms with Gasteiger partial charge in [0, 0.05) is 37.0 Å². The van der Waals surface area contributed by atoms with E-state index < -0.39 is 46.5 Å². The summed E-state index contributed by atoms with van der Waals surface area (Å²) in [7, 11) is 0. The summed E-state index contributed by atoms with van der Waals surface area (Å²) < 4.78 is 84.4. The minimum absolute atomic E-state index is 0.524. The van der Waals surface area contributed by atoms with Gasteiger partial charge in [-0.25, -0.2) is 0 Å². The first-order valence-corrected chi connectivity index (χ1v) is 9.47. The molecular formula is C17H16F6S2. The molecule has 0 amide bonds. The van der Waals surface area contributed by atoms with Gasteiger partial charge in [0.15, 0.2) is 0 Å². The second-order valence-corrected chi connectivity index (χ2v) is 8.97. The molecular weight excluding hydrogens is 382 g/mol. The first kappa shape index (κ1) is 18.9. The largest absolute Gasteiger partial charge is 0.380 e. The lowest BCUT2D eigenvalue weighted by atomic mass is 9.89. The Balaban J connectivity index is 2.12. The molecule has 0 bridgehead atoms. The van der Waals surface area contributed by atoms with Crippen molar-refractivity contribution < 1.29 is 26.3 Å². The molecule has 0 radical (unpaired) electrons. The van der Waals surface area contributed by atoms with Crippen LogP contribution < -0.4 is 0 Å². The zero-order valence-corrected chi connectivity index (χ0v) is 15.3. The van der Waals surface area contributed by atoms with E-state index in [-0.39, 0.29) is 0 Å². The molecule has 1 aliphatic carbocycles. The third-order valence-electron chi connectivity index (χ3n) is 4.65. The fraction of sp³-hybridized carbons (Fsp3) is 0.529. The predicted octanol–water partition coefficient (Wildman–Crippen LogP) is 6.78. The fourth-order valence-corrected chi connectivity index (χ4v) is 5.60. The Hall–Kier alpha value is -0.890. The van der Waals surface area contributed by atoms with Gasteiger partial charge in [-0.2, -0.15) is 26.3 Å². The van der Waals surface area contributed by atoms with Gasteiger partial charge in [-0.05, 0) is 25.5 Å². The van der Waals surface area contributed by atoms with Crippen molar-refractivity contribution in [1.29, 1.82) is 0 Å². The molecule has 2 heterocycles. The quantitative estimate of drug-likeness (QED) is 0.400. The lowest BCUT2D eigenvalue weighted by Gasteiger charge is -2.27. The Morgan fingerprint density at radius 1 is 1.04 bits per heavy atom. The van der Waals surface area contributed by atoms with Gasteiger partial charge in [-0.15, -0.1) is 23.1 Å². The van der Waals surface area contributed by atoms with Crippen molar-refractivity contribution in [2.75, 3.05) is 0 Å². The lowest BCUT2D eigenvalue weighted by Crippen LogP contribution is -2.49. The Morgan fingerprint density at radius 3 is 2.20 bits per heavy atom. The SMILES string of the molecule is CCC1=C(C2C=C(c3ccc(C)s3)SC2C)C(F)(F)C(F)(F)C1(F)F. The van der Waals surface area contributed by atoms with Gasteiger partial charge >= 0.3 is 17.8 Å². The van der Waals surface area contributed by atoms with Gasteiger partial charge in [0.2, 0.25) is 0 Å². The molecule has 0 saturated heterocycles. The normalized spacial score (nSPS) is 30.0. The van der Waals surface area contributed by atoms with Crippen molar-refractivity contribution >= 4 is 28.0 Å². The van der Waals surface area contributed by atoms with Crippen LogP contribution in [0.25, 0.3) is 4.91 Å². The molecule has 1 aromatic heterocycles. The molecule has 138 valence electrons. The van der Waals surface area contributed by atoms with Crippen LogP contribution in [0, 0.1) is 12.8 Å². The second kappa shape index (κ2) is 5.81. The summed E-state index contributed by atoms with van der Waals surface area (Å²) >= 11 is 2.70. The van der Waals surface area contributed by atoms with Crippen LogP contribution in [-0.4, -0.2) is 23.0 Å². The summed E-state index contributed by atoms with van der Waals surface area (Å²) in [6.07, 6.45) is 0.902. The summed E-state index contributed by atoms with van der Waals surface area (Å²) in [5.41, 5.74) is -2.23. The number of rotatable bonds is 3. The van der Waals surface area contributed by atoms with Gasteiger partial charge in [0.05, 0.1) is 0 Å². The maximum Gasteiger partial charge on any atom is 0.380 e. The van der Waals surface area contributed by atoms with E-state index in [9.17, 15) is 26.3 Å². The number of hydrogen-bond acceptors (Lipinski definition) is 2. The second-order valence-electron chi connectivity index (χ2n) is 6.26. The molecule has 1 aliphatic heterocycles. The summed E-state index contributed by atoms with van der Waals surface area (Å²) in [6, 6.07) is 3.68. The fourth-order valence-electron chi connectivity index (χ4n) is 3.37. The molecule has 0 fully saturated rings. The Bertz CT molecular complexity index is 759. The molecule has 1 aromatic rings. The van der Waals surface area contributed by atoms with Crippen LogP contribution in [-0.2, 0) is 0 Å². The molecule has 8 heteroatoms. The highest BCUT2D eigenvalue weighted by atomic mass is 32.2. The first-order chi connectivity index (χ1) is 11.4. The van der Waals surface area contributed by atoms with Gasteiger partial charge in [-0.3, -0.25) is 0 Å². The average molecular weight is 398 g/mol. The third kappa shape index (κ3) is 2.51. The van der Waals surface area contributed by atoms with E-state index in [4.69, 9.17) is 0 Å². The van der Waals surface area contributed by atoms with E-state index in [2.05, 4.69) is 0 Å². The highest BCUT2D eigenvalue weighted by Gasteiger charge is 2.80. The Morgan fingerprint density at radius 2 is 1.68 bits per heavy atom. The van der Waals surface area contributed by atoms with Gasteiger partial charge in [0.1, 0.15) is 0 Å². The van der Waals surface area contributed by atoms with Crippen LogP contribution in [0.2, 0.25) is 0 Å². The monoisotopic (exact) mass is 398 g/mol. The Labute approximate surface area is 150 Å². The van der Waals surface area contributed by atoms with Crippen LogP contribution in [0.4, 0.5) is 26.3 Å². The molecule has 0 spiro atoms. The summed E-state index contributed by atoms with van der Waals surface area (Å²) in [5, 5.41) is -0.524. The molecule has 0 N–H and O–H groups in total. The van der Waals surface area contributed by atoms with Gasteiger partial charge in [0.25, 0.3) is 0 Å². The minimum atomic E-state index is -5.40. The molecule has 0 nitrogen and oxygen atoms in total. The van der Waals surface area contributed by atoms with E-state index in [0.29, 0.717) is 4.91 Å². The van der Waals surface area contributed by atoms with Crippen LogP contribution >= 0.6 is 23.1 Å². The van der Waals surface area contributed by atoms with Gasteiger partial charge < -0.3 is 0 Å². The maximum absolute atomic E-state index is 14.4. The van der Waals surface area contributed by atoms with Crippen molar-refractivity contribution in [3.8, 4) is 0 Å². The number of thioether (sulfide) groups is 1. The number of hydrogen-bond donors (Lipinski definition) is 0.